The predicted molar refractivity (Wildman–Crippen MR) is 168 cm³/mol. The third kappa shape index (κ3) is 10.8. The van der Waals surface area contributed by atoms with Gasteiger partial charge in [0.25, 0.3) is 5.79 Å². The number of carbonyl (C=O) groups excluding carboxylic acids is 2. The molecule has 3 heterocycles. The molecule has 0 aliphatic carbocycles. The minimum absolute atomic E-state index is 0.758. The lowest BCUT2D eigenvalue weighted by molar-refractivity contribution is -0.386. The molecule has 14 N–H and O–H groups in total. The number of halogens is 3. The van der Waals surface area contributed by atoms with Crippen molar-refractivity contribution in [3.05, 3.63) is 12.7 Å². The average molecular weight is 829 g/mol. The van der Waals surface area contributed by atoms with Crippen molar-refractivity contribution in [1.29, 1.82) is 0 Å². The van der Waals surface area contributed by atoms with Crippen LogP contribution in [-0.2, 0) is 42.8 Å². The Balaban J connectivity index is 1.86. The predicted octanol–water partition coefficient (Wildman–Crippen LogP) is -7.61. The quantitative estimate of drug-likeness (QED) is 0.0606. The van der Waals surface area contributed by atoms with Crippen LogP contribution < -0.4 is 10.6 Å². The van der Waals surface area contributed by atoms with Crippen molar-refractivity contribution in [3.63, 3.8) is 0 Å². The molecule has 0 aromatic carbocycles. The van der Waals surface area contributed by atoms with Gasteiger partial charge in [-0.05, 0) is 0 Å². The molecule has 0 aromatic heterocycles. The lowest BCUT2D eigenvalue weighted by Crippen LogP contribution is -2.70. The SMILES string of the molecule is C=C[C@@H](O)[C@H](CO[C@@H]1O[C@H](CO)[C@@H](O[C@@H]2O[C@H](CO)[C@H](O)[C@H](O[C@]3(C(=O)O)C[C@H](O)[C@@H](NC(C)=O)[C@H]([C@H](O)[C@H](O)CO)O3)[C@H]2O)[C@H](O)[C@H]1O)NC(=O)C(F)(F)F. The number of ether oxygens (including phenoxy) is 6. The van der Waals surface area contributed by atoms with Gasteiger partial charge in [-0.2, -0.15) is 13.2 Å². The first-order valence-corrected chi connectivity index (χ1v) is 16.8. The largest absolute Gasteiger partial charge is 0.477 e. The van der Waals surface area contributed by atoms with Crippen molar-refractivity contribution in [2.45, 2.75) is 129 Å². The summed E-state index contributed by atoms with van der Waals surface area (Å²) in [5.74, 6) is -8.46. The van der Waals surface area contributed by atoms with Crippen LogP contribution >= 0.6 is 0 Å². The van der Waals surface area contributed by atoms with Crippen LogP contribution in [0.1, 0.15) is 13.3 Å². The number of aliphatic hydroxyl groups is 11. The van der Waals surface area contributed by atoms with Crippen molar-refractivity contribution in [1.82, 2.24) is 10.6 Å². The molecule has 324 valence electrons. The molecule has 26 heteroatoms. The summed E-state index contributed by atoms with van der Waals surface area (Å²) in [4.78, 5) is 36.0. The van der Waals surface area contributed by atoms with Crippen molar-refractivity contribution < 1.29 is 117 Å². The Labute approximate surface area is 314 Å². The molecule has 0 spiro atoms. The Morgan fingerprint density at radius 3 is 2.05 bits per heavy atom. The molecule has 0 unspecified atom stereocenters. The minimum Gasteiger partial charge on any atom is -0.477 e. The summed E-state index contributed by atoms with van der Waals surface area (Å²) in [6.07, 6.45) is -36.4. The molecule has 3 aliphatic heterocycles. The van der Waals surface area contributed by atoms with Crippen LogP contribution in [0, 0.1) is 0 Å². The third-order valence-electron chi connectivity index (χ3n) is 9.11. The number of carboxylic acids is 1. The highest BCUT2D eigenvalue weighted by Crippen LogP contribution is 2.38. The lowest BCUT2D eigenvalue weighted by Gasteiger charge is -2.50. The van der Waals surface area contributed by atoms with Crippen LogP contribution in [0.25, 0.3) is 0 Å². The van der Waals surface area contributed by atoms with Gasteiger partial charge in [-0.25, -0.2) is 4.79 Å². The van der Waals surface area contributed by atoms with E-state index in [2.05, 4.69) is 11.9 Å². The van der Waals surface area contributed by atoms with E-state index in [-0.39, 0.29) is 0 Å². The molecule has 56 heavy (non-hydrogen) atoms. The zero-order chi connectivity index (χ0) is 42.4. The molecule has 3 fully saturated rings. The van der Waals surface area contributed by atoms with Crippen LogP contribution in [0.3, 0.4) is 0 Å². The first-order valence-electron chi connectivity index (χ1n) is 16.8. The summed E-state index contributed by atoms with van der Waals surface area (Å²) >= 11 is 0. The Bertz CT molecular complexity index is 1330. The molecule has 18 atom stereocenters. The van der Waals surface area contributed by atoms with Crippen LogP contribution in [-0.4, -0.2) is 221 Å². The van der Waals surface area contributed by atoms with Gasteiger partial charge in [0.1, 0.15) is 67.1 Å². The Hall–Kier alpha value is -2.74. The summed E-state index contributed by atoms with van der Waals surface area (Å²) in [6, 6.07) is -3.44. The normalized spacial score (nSPS) is 38.8. The summed E-state index contributed by atoms with van der Waals surface area (Å²) in [5.41, 5.74) is 0. The topological polar surface area (TPSA) is 373 Å². The van der Waals surface area contributed by atoms with E-state index in [0.717, 1.165) is 13.0 Å². The van der Waals surface area contributed by atoms with E-state index in [9.17, 15) is 88.8 Å². The Kier molecular flexibility index (Phi) is 16.8. The maximum Gasteiger partial charge on any atom is 0.471 e. The highest BCUT2D eigenvalue weighted by atomic mass is 19.4. The molecule has 3 aliphatic rings. The van der Waals surface area contributed by atoms with Gasteiger partial charge in [0, 0.05) is 13.3 Å². The number of hydrogen-bond acceptors (Lipinski definition) is 20. The number of alkyl halides is 3. The van der Waals surface area contributed by atoms with Crippen molar-refractivity contribution in [2.24, 2.45) is 0 Å². The van der Waals surface area contributed by atoms with Gasteiger partial charge in [0.2, 0.25) is 5.91 Å². The summed E-state index contributed by atoms with van der Waals surface area (Å²) < 4.78 is 71.1. The van der Waals surface area contributed by atoms with Crippen LogP contribution in [0.15, 0.2) is 12.7 Å². The second kappa shape index (κ2) is 19.8. The van der Waals surface area contributed by atoms with Gasteiger partial charge in [-0.15, -0.1) is 6.58 Å². The lowest BCUT2D eigenvalue weighted by atomic mass is 9.88. The number of aliphatic hydroxyl groups excluding tert-OH is 11. The van der Waals surface area contributed by atoms with E-state index in [1.807, 2.05) is 0 Å². The fraction of sp³-hybridized carbons (Fsp3) is 0.833. The maximum absolute atomic E-state index is 12.8. The molecule has 3 rings (SSSR count). The molecule has 0 aromatic rings. The molecular weight excluding hydrogens is 781 g/mol. The highest BCUT2D eigenvalue weighted by molar-refractivity contribution is 5.82. The fourth-order valence-corrected chi connectivity index (χ4v) is 6.13. The number of carboxylic acid groups (broad SMARTS) is 1. The number of hydrogen-bond donors (Lipinski definition) is 14. The number of nitrogens with one attached hydrogen (secondary N) is 2. The van der Waals surface area contributed by atoms with E-state index < -0.39 is 167 Å². The smallest absolute Gasteiger partial charge is 0.471 e. The van der Waals surface area contributed by atoms with Gasteiger partial charge in [-0.1, -0.05) is 6.08 Å². The first-order chi connectivity index (χ1) is 26.1. The highest BCUT2D eigenvalue weighted by Gasteiger charge is 2.60. The molecular formula is C30H47F3N2O21. The van der Waals surface area contributed by atoms with E-state index in [1.54, 1.807) is 0 Å². The first kappa shape index (κ1) is 47.6. The van der Waals surface area contributed by atoms with E-state index in [0.29, 0.717) is 0 Å². The van der Waals surface area contributed by atoms with Crippen LogP contribution in [0.4, 0.5) is 13.2 Å². The zero-order valence-electron chi connectivity index (χ0n) is 29.3. The number of amides is 2. The summed E-state index contributed by atoms with van der Waals surface area (Å²) in [7, 11) is 0. The molecule has 3 saturated heterocycles. The monoisotopic (exact) mass is 828 g/mol. The number of rotatable bonds is 17. The molecule has 0 bridgehead atoms. The van der Waals surface area contributed by atoms with Crippen molar-refractivity contribution in [3.8, 4) is 0 Å². The average Bonchev–Trinajstić information content (AvgIpc) is 3.14. The Morgan fingerprint density at radius 1 is 0.929 bits per heavy atom. The standard InChI is InChI=1S/C30H47F3N2O21/c1-3-11(40)10(35-27(48)30(31,32)33)8-51-25-20(46)19(45)22(15(7-38)53-25)54-26-21(47)24(18(44)14(6-37)52-26)56-29(28(49)50)4-12(41)16(34-9(2)39)23(55-29)17(43)13(42)5-36/h3,10-26,36-38,40-47H,1,4-8H2,2H3,(H,34,39)(H,35,48)(H,49,50)/t10-,11+,12-,13+,14+,15+,16+,17+,18-,19+,20+,21+,22+,23+,24-,25+,26-,29-/m0/s1. The Morgan fingerprint density at radius 2 is 1.54 bits per heavy atom. The van der Waals surface area contributed by atoms with E-state index in [4.69, 9.17) is 28.4 Å². The molecule has 23 nitrogen and oxygen atoms in total. The van der Waals surface area contributed by atoms with E-state index >= 15 is 0 Å². The summed E-state index contributed by atoms with van der Waals surface area (Å²) in [5, 5.41) is 129. The third-order valence-corrected chi connectivity index (χ3v) is 9.11. The van der Waals surface area contributed by atoms with Gasteiger partial charge in [0.05, 0.1) is 50.7 Å². The second-order valence-electron chi connectivity index (χ2n) is 13.1. The van der Waals surface area contributed by atoms with Gasteiger partial charge in [0.15, 0.2) is 12.6 Å². The minimum atomic E-state index is -5.37. The van der Waals surface area contributed by atoms with Crippen LogP contribution in [0.5, 0.6) is 0 Å². The molecule has 2 amide bonds. The van der Waals surface area contributed by atoms with Gasteiger partial charge < -0.3 is 100 Å². The zero-order valence-corrected chi connectivity index (χ0v) is 29.3. The fourth-order valence-electron chi connectivity index (χ4n) is 6.13. The number of aliphatic carboxylic acids is 1. The molecule has 0 radical (unpaired) electrons. The summed E-state index contributed by atoms with van der Waals surface area (Å²) in [6.45, 7) is -0.0512. The van der Waals surface area contributed by atoms with E-state index in [1.165, 1.54) is 5.32 Å². The van der Waals surface area contributed by atoms with Gasteiger partial charge in [-0.3, -0.25) is 9.59 Å². The van der Waals surface area contributed by atoms with Gasteiger partial charge >= 0.3 is 18.1 Å². The van der Waals surface area contributed by atoms with Crippen molar-refractivity contribution in [2.75, 3.05) is 26.4 Å². The molecule has 0 saturated carbocycles. The second-order valence-corrected chi connectivity index (χ2v) is 13.1. The van der Waals surface area contributed by atoms with Crippen molar-refractivity contribution >= 4 is 17.8 Å². The van der Waals surface area contributed by atoms with Crippen LogP contribution in [0.2, 0.25) is 0 Å². The number of carbonyl (C=O) groups is 3. The maximum atomic E-state index is 12.8.